The van der Waals surface area contributed by atoms with Crippen LogP contribution in [0.25, 0.3) is 0 Å². The van der Waals surface area contributed by atoms with Crippen molar-refractivity contribution in [2.75, 3.05) is 25.6 Å². The summed E-state index contributed by atoms with van der Waals surface area (Å²) < 4.78 is 5.99. The van der Waals surface area contributed by atoms with Gasteiger partial charge in [-0.2, -0.15) is 0 Å². The monoisotopic (exact) mass is 378 g/mol. The summed E-state index contributed by atoms with van der Waals surface area (Å²) in [6, 6.07) is 7.52. The second-order valence-corrected chi connectivity index (χ2v) is 5.83. The van der Waals surface area contributed by atoms with Gasteiger partial charge in [0.25, 0.3) is 5.91 Å². The number of amides is 1. The highest BCUT2D eigenvalue weighted by atomic mass is 79.9. The molecular weight excluding hydrogens is 360 g/mol. The molecular formula is C16H19BrN4O2. The molecule has 7 heteroatoms. The zero-order valence-corrected chi connectivity index (χ0v) is 14.7. The van der Waals surface area contributed by atoms with E-state index in [0.29, 0.717) is 24.7 Å². The van der Waals surface area contributed by atoms with Crippen molar-refractivity contribution in [3.8, 4) is 0 Å². The number of halogens is 1. The third-order valence-electron chi connectivity index (χ3n) is 3.14. The number of nitrogens with one attached hydrogen (secondary N) is 2. The molecule has 0 unspecified atom stereocenters. The molecule has 1 heterocycles. The quantitative estimate of drug-likeness (QED) is 0.724. The minimum atomic E-state index is -0.224. The molecule has 0 fully saturated rings. The van der Waals surface area contributed by atoms with Gasteiger partial charge in [0.15, 0.2) is 0 Å². The van der Waals surface area contributed by atoms with Crippen LogP contribution in [-0.2, 0) is 4.74 Å². The van der Waals surface area contributed by atoms with Crippen molar-refractivity contribution in [3.63, 3.8) is 0 Å². The van der Waals surface area contributed by atoms with Gasteiger partial charge >= 0.3 is 0 Å². The van der Waals surface area contributed by atoms with Crippen molar-refractivity contribution >= 4 is 33.3 Å². The van der Waals surface area contributed by atoms with Crippen molar-refractivity contribution in [2.24, 2.45) is 0 Å². The van der Waals surface area contributed by atoms with Crippen LogP contribution in [0.15, 0.2) is 35.1 Å². The van der Waals surface area contributed by atoms with E-state index in [2.05, 4.69) is 36.5 Å². The number of hydrogen-bond donors (Lipinski definition) is 2. The molecule has 122 valence electrons. The van der Waals surface area contributed by atoms with E-state index in [-0.39, 0.29) is 5.91 Å². The van der Waals surface area contributed by atoms with E-state index in [0.717, 1.165) is 22.1 Å². The smallest absolute Gasteiger partial charge is 0.270 e. The minimum Gasteiger partial charge on any atom is -0.385 e. The van der Waals surface area contributed by atoms with Gasteiger partial charge in [-0.25, -0.2) is 9.97 Å². The number of carbonyl (C=O) groups is 1. The number of ether oxygens (including phenoxy) is 1. The summed E-state index contributed by atoms with van der Waals surface area (Å²) >= 11 is 3.47. The van der Waals surface area contributed by atoms with E-state index in [9.17, 15) is 4.79 Å². The van der Waals surface area contributed by atoms with Gasteiger partial charge in [-0.3, -0.25) is 4.79 Å². The van der Waals surface area contributed by atoms with E-state index in [1.165, 1.54) is 6.33 Å². The van der Waals surface area contributed by atoms with Crippen LogP contribution in [-0.4, -0.2) is 36.1 Å². The van der Waals surface area contributed by atoms with Crippen LogP contribution in [0.5, 0.6) is 0 Å². The summed E-state index contributed by atoms with van der Waals surface area (Å²) in [5, 5.41) is 5.97. The van der Waals surface area contributed by atoms with Gasteiger partial charge in [-0.15, -0.1) is 0 Å². The van der Waals surface area contributed by atoms with Crippen molar-refractivity contribution in [2.45, 2.75) is 13.3 Å². The molecule has 2 N–H and O–H groups in total. The number of aryl methyl sites for hydroxylation is 1. The molecule has 0 atom stereocenters. The fourth-order valence-electron chi connectivity index (χ4n) is 1.93. The number of methoxy groups -OCH3 is 1. The van der Waals surface area contributed by atoms with E-state index in [1.54, 1.807) is 13.2 Å². The second-order valence-electron chi connectivity index (χ2n) is 4.98. The molecule has 0 aliphatic carbocycles. The fraction of sp³-hybridized carbons (Fsp3) is 0.312. The van der Waals surface area contributed by atoms with Crippen LogP contribution < -0.4 is 10.6 Å². The zero-order valence-electron chi connectivity index (χ0n) is 13.1. The molecule has 1 amide bonds. The first kappa shape index (κ1) is 17.4. The Morgan fingerprint density at radius 3 is 2.87 bits per heavy atom. The number of hydrogen-bond acceptors (Lipinski definition) is 5. The van der Waals surface area contributed by atoms with Crippen molar-refractivity contribution in [3.05, 3.63) is 46.3 Å². The van der Waals surface area contributed by atoms with Crippen molar-refractivity contribution < 1.29 is 9.53 Å². The predicted octanol–water partition coefficient (Wildman–Crippen LogP) is 3.06. The molecule has 2 aromatic rings. The Morgan fingerprint density at radius 1 is 1.30 bits per heavy atom. The fourth-order valence-corrected chi connectivity index (χ4v) is 2.18. The Kier molecular flexibility index (Phi) is 6.49. The first-order valence-electron chi connectivity index (χ1n) is 7.22. The molecule has 1 aromatic carbocycles. The Labute approximate surface area is 143 Å². The average molecular weight is 379 g/mol. The Balaban J connectivity index is 2.01. The summed E-state index contributed by atoms with van der Waals surface area (Å²) in [6.07, 6.45) is 2.13. The number of anilines is 2. The van der Waals surface area contributed by atoms with Gasteiger partial charge in [0.1, 0.15) is 17.8 Å². The number of carbonyl (C=O) groups excluding carboxylic acids is 1. The standard InChI is InChI=1S/C16H19BrN4O2/c1-11-8-12(4-5-13(11)17)21-15-9-14(19-10-20-15)16(22)18-6-3-7-23-2/h4-5,8-10H,3,6-7H2,1-2H3,(H,18,22)(H,19,20,21). The van der Waals surface area contributed by atoms with E-state index in [1.807, 2.05) is 25.1 Å². The molecule has 1 aromatic heterocycles. The third-order valence-corrected chi connectivity index (χ3v) is 4.03. The molecule has 0 bridgehead atoms. The topological polar surface area (TPSA) is 76.1 Å². The van der Waals surface area contributed by atoms with Gasteiger partial charge in [-0.05, 0) is 37.1 Å². The Morgan fingerprint density at radius 2 is 2.13 bits per heavy atom. The minimum absolute atomic E-state index is 0.224. The Bertz CT molecular complexity index is 679. The lowest BCUT2D eigenvalue weighted by Crippen LogP contribution is -2.26. The summed E-state index contributed by atoms with van der Waals surface area (Å²) in [5.74, 6) is 0.349. The maximum Gasteiger partial charge on any atom is 0.270 e. The highest BCUT2D eigenvalue weighted by molar-refractivity contribution is 9.10. The highest BCUT2D eigenvalue weighted by Gasteiger charge is 2.08. The summed E-state index contributed by atoms with van der Waals surface area (Å²) in [6.45, 7) is 3.17. The van der Waals surface area contributed by atoms with E-state index >= 15 is 0 Å². The molecule has 6 nitrogen and oxygen atoms in total. The van der Waals surface area contributed by atoms with Gasteiger partial charge in [0, 0.05) is 36.5 Å². The van der Waals surface area contributed by atoms with Crippen molar-refractivity contribution in [1.82, 2.24) is 15.3 Å². The van der Waals surface area contributed by atoms with Crippen LogP contribution in [0.3, 0.4) is 0 Å². The predicted molar refractivity (Wildman–Crippen MR) is 93.0 cm³/mol. The average Bonchev–Trinajstić information content (AvgIpc) is 2.55. The second kappa shape index (κ2) is 8.59. The van der Waals surface area contributed by atoms with Gasteiger partial charge in [-0.1, -0.05) is 15.9 Å². The highest BCUT2D eigenvalue weighted by Crippen LogP contribution is 2.22. The molecule has 0 aliphatic heterocycles. The van der Waals surface area contributed by atoms with E-state index in [4.69, 9.17) is 4.74 Å². The number of rotatable bonds is 7. The van der Waals surface area contributed by atoms with Crippen LogP contribution in [0, 0.1) is 6.92 Å². The van der Waals surface area contributed by atoms with E-state index < -0.39 is 0 Å². The molecule has 0 saturated heterocycles. The first-order chi connectivity index (χ1) is 11.1. The van der Waals surface area contributed by atoms with Crippen LogP contribution in [0.2, 0.25) is 0 Å². The molecule has 0 radical (unpaired) electrons. The number of aromatic nitrogens is 2. The lowest BCUT2D eigenvalue weighted by atomic mass is 10.2. The molecule has 0 saturated carbocycles. The lowest BCUT2D eigenvalue weighted by Gasteiger charge is -2.09. The lowest BCUT2D eigenvalue weighted by molar-refractivity contribution is 0.0943. The van der Waals surface area contributed by atoms with Crippen LogP contribution in [0.1, 0.15) is 22.5 Å². The molecule has 2 rings (SSSR count). The maximum atomic E-state index is 12.0. The third kappa shape index (κ3) is 5.30. The Hall–Kier alpha value is -1.99. The summed E-state index contributed by atoms with van der Waals surface area (Å²) in [4.78, 5) is 20.2. The summed E-state index contributed by atoms with van der Waals surface area (Å²) in [5.41, 5.74) is 2.34. The van der Waals surface area contributed by atoms with Crippen molar-refractivity contribution in [1.29, 1.82) is 0 Å². The normalized spacial score (nSPS) is 10.4. The first-order valence-corrected chi connectivity index (χ1v) is 8.02. The van der Waals surface area contributed by atoms with Gasteiger partial charge in [0.2, 0.25) is 0 Å². The molecule has 0 spiro atoms. The zero-order chi connectivity index (χ0) is 16.7. The van der Waals surface area contributed by atoms with Gasteiger partial charge < -0.3 is 15.4 Å². The SMILES string of the molecule is COCCCNC(=O)c1cc(Nc2ccc(Br)c(C)c2)ncn1. The van der Waals surface area contributed by atoms with Gasteiger partial charge in [0.05, 0.1) is 0 Å². The van der Waals surface area contributed by atoms with Crippen LogP contribution in [0.4, 0.5) is 11.5 Å². The summed E-state index contributed by atoms with van der Waals surface area (Å²) in [7, 11) is 1.63. The molecule has 23 heavy (non-hydrogen) atoms. The maximum absolute atomic E-state index is 12.0. The number of nitrogens with zero attached hydrogens (tertiary/aromatic N) is 2. The largest absolute Gasteiger partial charge is 0.385 e. The number of benzene rings is 1. The van der Waals surface area contributed by atoms with Crippen LogP contribution >= 0.6 is 15.9 Å². The molecule has 0 aliphatic rings.